The first-order valence-electron chi connectivity index (χ1n) is 5.44. The van der Waals surface area contributed by atoms with Crippen molar-refractivity contribution in [3.05, 3.63) is 34.6 Å². The fraction of sp³-hybridized carbons (Fsp3) is 0.417. The lowest BCUT2D eigenvalue weighted by Gasteiger charge is -2.19. The summed E-state index contributed by atoms with van der Waals surface area (Å²) in [4.78, 5) is 11.3. The predicted molar refractivity (Wildman–Crippen MR) is 67.6 cm³/mol. The highest BCUT2D eigenvalue weighted by molar-refractivity contribution is 6.30. The van der Waals surface area contributed by atoms with E-state index in [9.17, 15) is 9.18 Å². The van der Waals surface area contributed by atoms with E-state index in [1.165, 1.54) is 6.07 Å². The molecule has 0 radical (unpaired) electrons. The van der Waals surface area contributed by atoms with Gasteiger partial charge in [-0.2, -0.15) is 0 Å². The largest absolute Gasteiger partial charge is 0.443 e. The number of nitrogens with one attached hydrogen (secondary N) is 2. The summed E-state index contributed by atoms with van der Waals surface area (Å²) in [5.74, 6) is -0.502. The van der Waals surface area contributed by atoms with Gasteiger partial charge in [0.25, 0.3) is 0 Å². The molecule has 4 nitrogen and oxygen atoms in total. The Bertz CT molecular complexity index is 433. The van der Waals surface area contributed by atoms with Crippen molar-refractivity contribution in [1.82, 2.24) is 10.9 Å². The van der Waals surface area contributed by atoms with Crippen molar-refractivity contribution in [1.29, 1.82) is 0 Å². The van der Waals surface area contributed by atoms with Gasteiger partial charge in [0.15, 0.2) is 0 Å². The zero-order valence-corrected chi connectivity index (χ0v) is 11.3. The highest BCUT2D eigenvalue weighted by Gasteiger charge is 2.15. The zero-order chi connectivity index (χ0) is 13.8. The van der Waals surface area contributed by atoms with Crippen LogP contribution in [0.2, 0.25) is 5.02 Å². The standard InChI is InChI=1S/C12H16ClFN2O2/c1-12(2,3)18-11(17)16-15-7-8-5-4-6-9(13)10(8)14/h4-6,15H,7H2,1-3H3,(H,16,17). The second-order valence-corrected chi connectivity index (χ2v) is 5.10. The molecule has 0 saturated heterocycles. The summed E-state index contributed by atoms with van der Waals surface area (Å²) in [6.07, 6.45) is -0.620. The van der Waals surface area contributed by atoms with Crippen molar-refractivity contribution in [2.24, 2.45) is 0 Å². The number of carbonyl (C=O) groups excluding carboxylic acids is 1. The molecule has 1 aromatic rings. The summed E-state index contributed by atoms with van der Waals surface area (Å²) in [6, 6.07) is 4.67. The fourth-order valence-corrected chi connectivity index (χ4v) is 1.39. The van der Waals surface area contributed by atoms with Gasteiger partial charge in [-0.25, -0.2) is 14.6 Å². The first-order valence-corrected chi connectivity index (χ1v) is 5.82. The number of ether oxygens (including phenoxy) is 1. The third kappa shape index (κ3) is 4.89. The molecule has 0 atom stereocenters. The molecular weight excluding hydrogens is 259 g/mol. The van der Waals surface area contributed by atoms with Crippen LogP contribution in [-0.4, -0.2) is 11.7 Å². The molecule has 0 aromatic heterocycles. The molecule has 0 heterocycles. The van der Waals surface area contributed by atoms with Crippen molar-refractivity contribution in [2.45, 2.75) is 32.9 Å². The maximum atomic E-state index is 13.5. The number of hydrogen-bond donors (Lipinski definition) is 2. The van der Waals surface area contributed by atoms with Crippen LogP contribution in [-0.2, 0) is 11.3 Å². The van der Waals surface area contributed by atoms with Crippen LogP contribution >= 0.6 is 11.6 Å². The second kappa shape index (κ2) is 6.02. The van der Waals surface area contributed by atoms with E-state index >= 15 is 0 Å². The Morgan fingerprint density at radius 2 is 2.11 bits per heavy atom. The van der Waals surface area contributed by atoms with Crippen LogP contribution in [0.4, 0.5) is 9.18 Å². The molecule has 0 aliphatic rings. The Morgan fingerprint density at radius 3 is 2.72 bits per heavy atom. The number of benzene rings is 1. The summed E-state index contributed by atoms with van der Waals surface area (Å²) in [5, 5.41) is 0.0477. The molecule has 100 valence electrons. The molecule has 0 spiro atoms. The van der Waals surface area contributed by atoms with Crippen LogP contribution in [0.1, 0.15) is 26.3 Å². The van der Waals surface area contributed by atoms with Gasteiger partial charge in [0, 0.05) is 12.1 Å². The van der Waals surface area contributed by atoms with Crippen LogP contribution in [0.15, 0.2) is 18.2 Å². The molecule has 2 N–H and O–H groups in total. The lowest BCUT2D eigenvalue weighted by atomic mass is 10.2. The van der Waals surface area contributed by atoms with Crippen molar-refractivity contribution in [3.63, 3.8) is 0 Å². The molecule has 1 aromatic carbocycles. The predicted octanol–water partition coefficient (Wildman–Crippen LogP) is 3.01. The van der Waals surface area contributed by atoms with E-state index in [0.717, 1.165) is 0 Å². The van der Waals surface area contributed by atoms with Crippen LogP contribution in [0.25, 0.3) is 0 Å². The summed E-state index contributed by atoms with van der Waals surface area (Å²) >= 11 is 5.63. The van der Waals surface area contributed by atoms with Crippen LogP contribution < -0.4 is 10.9 Å². The number of amides is 1. The van der Waals surface area contributed by atoms with Crippen molar-refractivity contribution < 1.29 is 13.9 Å². The lowest BCUT2D eigenvalue weighted by Crippen LogP contribution is -2.40. The molecule has 0 aliphatic carbocycles. The number of hydrazine groups is 1. The third-order valence-corrected chi connectivity index (χ3v) is 2.19. The molecule has 0 fully saturated rings. The van der Waals surface area contributed by atoms with Crippen molar-refractivity contribution in [2.75, 3.05) is 0 Å². The lowest BCUT2D eigenvalue weighted by molar-refractivity contribution is 0.0496. The molecule has 0 unspecified atom stereocenters. The van der Waals surface area contributed by atoms with Gasteiger partial charge in [0.05, 0.1) is 5.02 Å². The van der Waals surface area contributed by atoms with Gasteiger partial charge in [0.2, 0.25) is 0 Å². The maximum Gasteiger partial charge on any atom is 0.422 e. The summed E-state index contributed by atoms with van der Waals surface area (Å²) < 4.78 is 18.5. The molecule has 18 heavy (non-hydrogen) atoms. The summed E-state index contributed by atoms with van der Waals surface area (Å²) in [7, 11) is 0. The molecule has 0 aliphatic heterocycles. The monoisotopic (exact) mass is 274 g/mol. The van der Waals surface area contributed by atoms with E-state index in [0.29, 0.717) is 5.56 Å². The highest BCUT2D eigenvalue weighted by atomic mass is 35.5. The van der Waals surface area contributed by atoms with E-state index in [4.69, 9.17) is 16.3 Å². The van der Waals surface area contributed by atoms with E-state index < -0.39 is 17.5 Å². The minimum Gasteiger partial charge on any atom is -0.443 e. The Balaban J connectivity index is 2.43. The quantitative estimate of drug-likeness (QED) is 0.833. The fourth-order valence-electron chi connectivity index (χ4n) is 1.20. The number of hydrogen-bond acceptors (Lipinski definition) is 3. The molecule has 0 saturated carbocycles. The molecule has 1 rings (SSSR count). The van der Waals surface area contributed by atoms with Crippen LogP contribution in [0.3, 0.4) is 0 Å². The van der Waals surface area contributed by atoms with E-state index in [-0.39, 0.29) is 11.6 Å². The summed E-state index contributed by atoms with van der Waals surface area (Å²) in [6.45, 7) is 5.38. The van der Waals surface area contributed by atoms with Crippen LogP contribution in [0, 0.1) is 5.82 Å². The summed E-state index contributed by atoms with van der Waals surface area (Å²) in [5.41, 5.74) is 4.67. The number of rotatable bonds is 3. The molecule has 0 bridgehead atoms. The minimum atomic E-state index is -0.620. The van der Waals surface area contributed by atoms with Gasteiger partial charge >= 0.3 is 6.09 Å². The van der Waals surface area contributed by atoms with Gasteiger partial charge in [-0.05, 0) is 26.8 Å². The average Bonchev–Trinajstić information content (AvgIpc) is 2.21. The van der Waals surface area contributed by atoms with Crippen LogP contribution in [0.5, 0.6) is 0 Å². The molecular formula is C12H16ClFN2O2. The minimum absolute atomic E-state index is 0.0477. The Labute approximate surface area is 110 Å². The smallest absolute Gasteiger partial charge is 0.422 e. The van der Waals surface area contributed by atoms with Crippen molar-refractivity contribution >= 4 is 17.7 Å². The van der Waals surface area contributed by atoms with Gasteiger partial charge in [-0.3, -0.25) is 5.43 Å². The maximum absolute atomic E-state index is 13.5. The van der Waals surface area contributed by atoms with Crippen molar-refractivity contribution in [3.8, 4) is 0 Å². The normalized spacial score (nSPS) is 11.2. The second-order valence-electron chi connectivity index (χ2n) is 4.69. The van der Waals surface area contributed by atoms with E-state index in [1.807, 2.05) is 0 Å². The Kier molecular flexibility index (Phi) is 4.93. The number of carbonyl (C=O) groups is 1. The Hall–Kier alpha value is -1.33. The van der Waals surface area contributed by atoms with Gasteiger partial charge < -0.3 is 4.74 Å². The Morgan fingerprint density at radius 1 is 1.44 bits per heavy atom. The van der Waals surface area contributed by atoms with Gasteiger partial charge in [-0.1, -0.05) is 23.7 Å². The van der Waals surface area contributed by atoms with Gasteiger partial charge in [0.1, 0.15) is 11.4 Å². The molecule has 1 amide bonds. The zero-order valence-electron chi connectivity index (χ0n) is 10.5. The number of halogens is 2. The van der Waals surface area contributed by atoms with Gasteiger partial charge in [-0.15, -0.1) is 0 Å². The first kappa shape index (κ1) is 14.7. The first-order chi connectivity index (χ1) is 8.29. The van der Waals surface area contributed by atoms with E-state index in [2.05, 4.69) is 10.9 Å². The average molecular weight is 275 g/mol. The van der Waals surface area contributed by atoms with E-state index in [1.54, 1.807) is 32.9 Å². The molecule has 6 heteroatoms. The third-order valence-electron chi connectivity index (χ3n) is 1.90. The highest BCUT2D eigenvalue weighted by Crippen LogP contribution is 2.17. The topological polar surface area (TPSA) is 50.4 Å². The SMILES string of the molecule is CC(C)(C)OC(=O)NNCc1cccc(Cl)c1F.